The zero-order valence-corrected chi connectivity index (χ0v) is 14.2. The molecule has 0 saturated heterocycles. The van der Waals surface area contributed by atoms with Gasteiger partial charge in [-0.3, -0.25) is 4.79 Å². The lowest BCUT2D eigenvalue weighted by Gasteiger charge is -2.21. The maximum atomic E-state index is 12.1. The molecule has 1 aromatic carbocycles. The highest BCUT2D eigenvalue weighted by molar-refractivity contribution is 7.89. The first-order valence-electron chi connectivity index (χ1n) is 7.35. The van der Waals surface area contributed by atoms with Gasteiger partial charge in [0, 0.05) is 20.1 Å². The third-order valence-corrected chi connectivity index (χ3v) is 4.84. The van der Waals surface area contributed by atoms with E-state index < -0.39 is 16.1 Å². The fourth-order valence-electron chi connectivity index (χ4n) is 1.98. The van der Waals surface area contributed by atoms with E-state index in [2.05, 4.69) is 4.72 Å². The number of nitrogens with two attached hydrogens (primary N) is 1. The van der Waals surface area contributed by atoms with Crippen molar-refractivity contribution in [2.75, 3.05) is 20.1 Å². The van der Waals surface area contributed by atoms with E-state index in [0.29, 0.717) is 6.42 Å². The molecule has 0 fully saturated rings. The van der Waals surface area contributed by atoms with E-state index >= 15 is 0 Å². The molecule has 3 N–H and O–H groups in total. The average molecular weight is 327 g/mol. The van der Waals surface area contributed by atoms with Crippen LogP contribution in [-0.4, -0.2) is 45.4 Å². The van der Waals surface area contributed by atoms with E-state index in [9.17, 15) is 13.2 Å². The Bertz CT molecular complexity index is 585. The summed E-state index contributed by atoms with van der Waals surface area (Å²) >= 11 is 0. The fraction of sp³-hybridized carbons (Fsp3) is 0.533. The largest absolute Gasteiger partial charge is 0.343 e. The predicted molar refractivity (Wildman–Crippen MR) is 86.9 cm³/mol. The number of benzene rings is 1. The summed E-state index contributed by atoms with van der Waals surface area (Å²) in [6, 6.07) is 6.08. The van der Waals surface area contributed by atoms with Gasteiger partial charge in [0.2, 0.25) is 15.9 Å². The number of nitrogens with one attached hydrogen (secondary N) is 1. The second-order valence-corrected chi connectivity index (χ2v) is 7.13. The zero-order chi connectivity index (χ0) is 16.8. The quantitative estimate of drug-likeness (QED) is 0.740. The summed E-state index contributed by atoms with van der Waals surface area (Å²) in [5.41, 5.74) is 6.76. The summed E-state index contributed by atoms with van der Waals surface area (Å²) < 4.78 is 26.7. The lowest BCUT2D eigenvalue weighted by Crippen LogP contribution is -2.44. The zero-order valence-electron chi connectivity index (χ0n) is 13.4. The summed E-state index contributed by atoms with van der Waals surface area (Å²) in [5, 5.41) is 0. The normalized spacial score (nSPS) is 12.9. The molecule has 0 aliphatic heterocycles. The molecule has 1 rings (SSSR count). The van der Waals surface area contributed by atoms with Gasteiger partial charge >= 0.3 is 0 Å². The second-order valence-electron chi connectivity index (χ2n) is 5.37. The number of carbonyl (C=O) groups is 1. The summed E-state index contributed by atoms with van der Waals surface area (Å²) in [7, 11) is -1.93. The fourth-order valence-corrected chi connectivity index (χ4v) is 3.00. The lowest BCUT2D eigenvalue weighted by molar-refractivity contribution is -0.131. The molecule has 22 heavy (non-hydrogen) atoms. The van der Waals surface area contributed by atoms with E-state index in [1.165, 1.54) is 4.90 Å². The highest BCUT2D eigenvalue weighted by Gasteiger charge is 2.18. The van der Waals surface area contributed by atoms with Crippen molar-refractivity contribution >= 4 is 15.9 Å². The van der Waals surface area contributed by atoms with Crippen molar-refractivity contribution in [2.24, 2.45) is 5.73 Å². The minimum Gasteiger partial charge on any atom is -0.343 e. The number of amides is 1. The summed E-state index contributed by atoms with van der Waals surface area (Å²) in [6.45, 7) is 4.28. The third-order valence-electron chi connectivity index (χ3n) is 3.36. The number of carbonyl (C=O) groups excluding carboxylic acids is 1. The van der Waals surface area contributed by atoms with E-state index in [-0.39, 0.29) is 23.9 Å². The molecular formula is C15H25N3O3S. The van der Waals surface area contributed by atoms with Crippen molar-refractivity contribution in [1.29, 1.82) is 0 Å². The highest BCUT2D eigenvalue weighted by atomic mass is 32.2. The van der Waals surface area contributed by atoms with Gasteiger partial charge in [-0.05, 0) is 25.5 Å². The number of likely N-dealkylation sites (N-methyl/N-ethyl adjacent to an activating group) is 1. The Kier molecular flexibility index (Phi) is 6.99. The first kappa shape index (κ1) is 18.6. The number of nitrogens with zero attached hydrogens (tertiary/aromatic N) is 1. The second kappa shape index (κ2) is 8.26. The van der Waals surface area contributed by atoms with E-state index in [0.717, 1.165) is 12.0 Å². The average Bonchev–Trinajstić information content (AvgIpc) is 2.46. The van der Waals surface area contributed by atoms with Gasteiger partial charge in [-0.25, -0.2) is 13.1 Å². The standard InChI is InChI=1S/C15H25N3O3S/c1-4-5-14(16)15(19)18(3)11-10-17-22(20,21)13-8-6-12(2)7-9-13/h6-9,14,17H,4-5,10-11,16H2,1-3H3. The predicted octanol–water partition coefficient (Wildman–Crippen LogP) is 0.859. The van der Waals surface area contributed by atoms with E-state index in [1.54, 1.807) is 31.3 Å². The van der Waals surface area contributed by atoms with Gasteiger partial charge < -0.3 is 10.6 Å². The van der Waals surface area contributed by atoms with Crippen LogP contribution in [0, 0.1) is 6.92 Å². The molecule has 1 unspecified atom stereocenters. The summed E-state index contributed by atoms with van der Waals surface area (Å²) in [6.07, 6.45) is 1.46. The van der Waals surface area contributed by atoms with Crippen LogP contribution in [0.4, 0.5) is 0 Å². The first-order valence-corrected chi connectivity index (χ1v) is 8.83. The molecule has 0 heterocycles. The Labute approximate surface area is 132 Å². The van der Waals surface area contributed by atoms with Gasteiger partial charge in [0.1, 0.15) is 0 Å². The molecule has 124 valence electrons. The van der Waals surface area contributed by atoms with Crippen LogP contribution in [-0.2, 0) is 14.8 Å². The maximum absolute atomic E-state index is 12.1. The maximum Gasteiger partial charge on any atom is 0.240 e. The highest BCUT2D eigenvalue weighted by Crippen LogP contribution is 2.09. The smallest absolute Gasteiger partial charge is 0.240 e. The minimum atomic E-state index is -3.55. The number of sulfonamides is 1. The van der Waals surface area contributed by atoms with Crippen LogP contribution in [0.1, 0.15) is 25.3 Å². The van der Waals surface area contributed by atoms with Gasteiger partial charge in [-0.1, -0.05) is 31.0 Å². The van der Waals surface area contributed by atoms with Gasteiger partial charge in [-0.15, -0.1) is 0 Å². The van der Waals surface area contributed by atoms with Crippen molar-refractivity contribution < 1.29 is 13.2 Å². The van der Waals surface area contributed by atoms with E-state index in [1.807, 2.05) is 13.8 Å². The Morgan fingerprint density at radius 3 is 2.45 bits per heavy atom. The molecule has 0 saturated carbocycles. The van der Waals surface area contributed by atoms with Crippen molar-refractivity contribution in [3.05, 3.63) is 29.8 Å². The molecule has 1 aromatic rings. The number of aryl methyl sites for hydroxylation is 1. The SMILES string of the molecule is CCCC(N)C(=O)N(C)CCNS(=O)(=O)c1ccc(C)cc1. The van der Waals surface area contributed by atoms with Crippen LogP contribution in [0.15, 0.2) is 29.2 Å². The third kappa shape index (κ3) is 5.40. The van der Waals surface area contributed by atoms with Crippen LogP contribution < -0.4 is 10.5 Å². The lowest BCUT2D eigenvalue weighted by atomic mass is 10.1. The molecule has 0 aliphatic rings. The molecule has 1 amide bonds. The van der Waals surface area contributed by atoms with Gasteiger partial charge in [-0.2, -0.15) is 0 Å². The number of hydrogen-bond acceptors (Lipinski definition) is 4. The molecular weight excluding hydrogens is 302 g/mol. The van der Waals surface area contributed by atoms with Crippen molar-refractivity contribution in [1.82, 2.24) is 9.62 Å². The topological polar surface area (TPSA) is 92.5 Å². The van der Waals surface area contributed by atoms with Crippen LogP contribution in [0.2, 0.25) is 0 Å². The van der Waals surface area contributed by atoms with Gasteiger partial charge in [0.15, 0.2) is 0 Å². The van der Waals surface area contributed by atoms with E-state index in [4.69, 9.17) is 5.73 Å². The minimum absolute atomic E-state index is 0.150. The van der Waals surface area contributed by atoms with Gasteiger partial charge in [0.05, 0.1) is 10.9 Å². The number of rotatable bonds is 8. The van der Waals surface area contributed by atoms with Crippen LogP contribution >= 0.6 is 0 Å². The molecule has 0 radical (unpaired) electrons. The van der Waals surface area contributed by atoms with Crippen molar-refractivity contribution in [3.63, 3.8) is 0 Å². The van der Waals surface area contributed by atoms with Crippen LogP contribution in [0.25, 0.3) is 0 Å². The Morgan fingerprint density at radius 2 is 1.91 bits per heavy atom. The monoisotopic (exact) mass is 327 g/mol. The molecule has 1 atom stereocenters. The van der Waals surface area contributed by atoms with Crippen LogP contribution in [0.3, 0.4) is 0 Å². The molecule has 0 aliphatic carbocycles. The molecule has 7 heteroatoms. The molecule has 0 aromatic heterocycles. The number of hydrogen-bond donors (Lipinski definition) is 2. The van der Waals surface area contributed by atoms with Crippen molar-refractivity contribution in [2.45, 2.75) is 37.6 Å². The molecule has 0 bridgehead atoms. The Morgan fingerprint density at radius 1 is 1.32 bits per heavy atom. The first-order chi connectivity index (χ1) is 10.3. The van der Waals surface area contributed by atoms with Crippen LogP contribution in [0.5, 0.6) is 0 Å². The van der Waals surface area contributed by atoms with Gasteiger partial charge in [0.25, 0.3) is 0 Å². The molecule has 6 nitrogen and oxygen atoms in total. The Hall–Kier alpha value is -1.44. The molecule has 0 spiro atoms. The Balaban J connectivity index is 2.52. The summed E-state index contributed by atoms with van der Waals surface area (Å²) in [4.78, 5) is 13.6. The summed E-state index contributed by atoms with van der Waals surface area (Å²) in [5.74, 6) is -0.170. The van der Waals surface area contributed by atoms with Crippen molar-refractivity contribution in [3.8, 4) is 0 Å².